The molecule has 0 bridgehead atoms. The van der Waals surface area contributed by atoms with Crippen LogP contribution < -0.4 is 15.4 Å². The molecule has 3 nitrogen and oxygen atoms in total. The Kier molecular flexibility index (Phi) is 5.13. The van der Waals surface area contributed by atoms with Crippen LogP contribution in [0.25, 0.3) is 0 Å². The van der Waals surface area contributed by atoms with Crippen LogP contribution in [-0.4, -0.2) is 20.2 Å². The minimum atomic E-state index is 0.626. The summed E-state index contributed by atoms with van der Waals surface area (Å²) in [4.78, 5) is 2.21. The molecule has 1 rings (SSSR count). The summed E-state index contributed by atoms with van der Waals surface area (Å²) in [5.41, 5.74) is 7.76. The molecule has 0 saturated carbocycles. The third-order valence-electron chi connectivity index (χ3n) is 2.47. The molecule has 0 saturated heterocycles. The van der Waals surface area contributed by atoms with E-state index in [0.717, 1.165) is 36.7 Å². The van der Waals surface area contributed by atoms with E-state index in [1.807, 2.05) is 12.1 Å². The number of nitrogens with zero attached hydrogens (tertiary/aromatic N) is 1. The van der Waals surface area contributed by atoms with Crippen LogP contribution in [0.1, 0.15) is 27.2 Å². The highest BCUT2D eigenvalue weighted by atomic mass is 16.5. The number of nitrogen functional groups attached to an aromatic ring is 1. The van der Waals surface area contributed by atoms with Crippen molar-refractivity contribution in [1.29, 1.82) is 0 Å². The van der Waals surface area contributed by atoms with Crippen molar-refractivity contribution < 1.29 is 4.74 Å². The molecule has 3 heteroatoms. The van der Waals surface area contributed by atoms with Crippen molar-refractivity contribution in [3.63, 3.8) is 0 Å². The third kappa shape index (κ3) is 4.55. The average molecular weight is 236 g/mol. The molecule has 1 aromatic carbocycles. The van der Waals surface area contributed by atoms with E-state index in [1.165, 1.54) is 0 Å². The van der Waals surface area contributed by atoms with Gasteiger partial charge < -0.3 is 15.4 Å². The van der Waals surface area contributed by atoms with Crippen molar-refractivity contribution in [1.82, 2.24) is 0 Å². The molecule has 0 aromatic heterocycles. The maximum atomic E-state index is 5.89. The summed E-state index contributed by atoms with van der Waals surface area (Å²) >= 11 is 0. The number of hydrogen-bond donors (Lipinski definition) is 1. The van der Waals surface area contributed by atoms with Crippen LogP contribution in [0.15, 0.2) is 18.2 Å². The van der Waals surface area contributed by atoms with E-state index in [0.29, 0.717) is 5.92 Å². The Bertz CT molecular complexity index is 350. The van der Waals surface area contributed by atoms with Gasteiger partial charge in [0.1, 0.15) is 5.75 Å². The number of nitrogens with two attached hydrogens (primary N) is 1. The first-order chi connectivity index (χ1) is 8.02. The largest absolute Gasteiger partial charge is 0.493 e. The van der Waals surface area contributed by atoms with Gasteiger partial charge in [0, 0.05) is 37.1 Å². The van der Waals surface area contributed by atoms with E-state index < -0.39 is 0 Å². The second-order valence-electron chi connectivity index (χ2n) is 4.88. The molecule has 0 aliphatic rings. The highest BCUT2D eigenvalue weighted by molar-refractivity contribution is 5.60. The Hall–Kier alpha value is -1.38. The van der Waals surface area contributed by atoms with Crippen molar-refractivity contribution in [2.75, 3.05) is 30.8 Å². The van der Waals surface area contributed by atoms with Crippen molar-refractivity contribution in [3.8, 4) is 5.75 Å². The molecule has 0 aliphatic heterocycles. The lowest BCUT2D eigenvalue weighted by molar-refractivity contribution is 0.317. The van der Waals surface area contributed by atoms with Gasteiger partial charge in [0.15, 0.2) is 0 Å². The van der Waals surface area contributed by atoms with Crippen LogP contribution in [0, 0.1) is 5.92 Å². The Morgan fingerprint density at radius 2 is 2.00 bits per heavy atom. The van der Waals surface area contributed by atoms with Gasteiger partial charge in [0.05, 0.1) is 6.61 Å². The van der Waals surface area contributed by atoms with Gasteiger partial charge in [-0.1, -0.05) is 20.8 Å². The maximum Gasteiger partial charge on any atom is 0.123 e. The standard InChI is InChI=1S/C14H24N2O/c1-5-6-17-14-8-12(15)7-13(9-14)16(4)10-11(2)3/h7-9,11H,5-6,10,15H2,1-4H3. The molecule has 0 unspecified atom stereocenters. The molecule has 0 fully saturated rings. The van der Waals surface area contributed by atoms with Crippen molar-refractivity contribution >= 4 is 11.4 Å². The first-order valence-electron chi connectivity index (χ1n) is 6.27. The number of anilines is 2. The van der Waals surface area contributed by atoms with Gasteiger partial charge in [-0.05, 0) is 18.4 Å². The quantitative estimate of drug-likeness (QED) is 0.771. The molecule has 0 amide bonds. The minimum absolute atomic E-state index is 0.626. The maximum absolute atomic E-state index is 5.89. The Labute approximate surface area is 105 Å². The summed E-state index contributed by atoms with van der Waals surface area (Å²) < 4.78 is 5.63. The molecular formula is C14H24N2O. The van der Waals surface area contributed by atoms with E-state index in [1.54, 1.807) is 0 Å². The fraction of sp³-hybridized carbons (Fsp3) is 0.571. The fourth-order valence-corrected chi connectivity index (χ4v) is 1.78. The van der Waals surface area contributed by atoms with Gasteiger partial charge in [0.25, 0.3) is 0 Å². The fourth-order valence-electron chi connectivity index (χ4n) is 1.78. The molecule has 17 heavy (non-hydrogen) atoms. The highest BCUT2D eigenvalue weighted by Crippen LogP contribution is 2.25. The second-order valence-corrected chi connectivity index (χ2v) is 4.88. The first kappa shape index (κ1) is 13.7. The average Bonchev–Trinajstić information content (AvgIpc) is 2.24. The third-order valence-corrected chi connectivity index (χ3v) is 2.47. The van der Waals surface area contributed by atoms with Gasteiger partial charge in [-0.2, -0.15) is 0 Å². The van der Waals surface area contributed by atoms with Crippen molar-refractivity contribution in [2.24, 2.45) is 5.92 Å². The van der Waals surface area contributed by atoms with E-state index in [4.69, 9.17) is 10.5 Å². The summed E-state index contributed by atoms with van der Waals surface area (Å²) in [6.07, 6.45) is 1.01. The van der Waals surface area contributed by atoms with E-state index in [9.17, 15) is 0 Å². The Morgan fingerprint density at radius 1 is 1.29 bits per heavy atom. The summed E-state index contributed by atoms with van der Waals surface area (Å²) in [7, 11) is 2.08. The number of hydrogen-bond acceptors (Lipinski definition) is 3. The first-order valence-corrected chi connectivity index (χ1v) is 6.27. The minimum Gasteiger partial charge on any atom is -0.493 e. The number of rotatable bonds is 6. The smallest absolute Gasteiger partial charge is 0.123 e. The molecular weight excluding hydrogens is 212 g/mol. The molecule has 0 atom stereocenters. The SMILES string of the molecule is CCCOc1cc(N)cc(N(C)CC(C)C)c1. The number of benzene rings is 1. The predicted molar refractivity (Wildman–Crippen MR) is 74.7 cm³/mol. The lowest BCUT2D eigenvalue weighted by atomic mass is 10.2. The zero-order valence-corrected chi connectivity index (χ0v) is 11.4. The normalized spacial score (nSPS) is 10.6. The van der Waals surface area contributed by atoms with Gasteiger partial charge in [0.2, 0.25) is 0 Å². The molecule has 2 N–H and O–H groups in total. The monoisotopic (exact) mass is 236 g/mol. The molecule has 96 valence electrons. The number of ether oxygens (including phenoxy) is 1. The Balaban J connectivity index is 2.80. The van der Waals surface area contributed by atoms with Crippen LogP contribution in [-0.2, 0) is 0 Å². The van der Waals surface area contributed by atoms with Crippen molar-refractivity contribution in [3.05, 3.63) is 18.2 Å². The zero-order chi connectivity index (χ0) is 12.8. The predicted octanol–water partition coefficient (Wildman–Crippen LogP) is 3.15. The molecule has 0 spiro atoms. The topological polar surface area (TPSA) is 38.5 Å². The van der Waals surface area contributed by atoms with Crippen LogP contribution in [0.3, 0.4) is 0 Å². The van der Waals surface area contributed by atoms with Crippen LogP contribution in [0.2, 0.25) is 0 Å². The van der Waals surface area contributed by atoms with E-state index in [-0.39, 0.29) is 0 Å². The van der Waals surface area contributed by atoms with Gasteiger partial charge in [-0.15, -0.1) is 0 Å². The van der Waals surface area contributed by atoms with Crippen LogP contribution in [0.5, 0.6) is 5.75 Å². The van der Waals surface area contributed by atoms with Gasteiger partial charge >= 0.3 is 0 Å². The van der Waals surface area contributed by atoms with Gasteiger partial charge in [-0.25, -0.2) is 0 Å². The second kappa shape index (κ2) is 6.38. The van der Waals surface area contributed by atoms with E-state index in [2.05, 4.69) is 38.8 Å². The molecule has 1 aromatic rings. The zero-order valence-electron chi connectivity index (χ0n) is 11.4. The molecule has 0 heterocycles. The molecule has 0 aliphatic carbocycles. The van der Waals surface area contributed by atoms with Crippen LogP contribution in [0.4, 0.5) is 11.4 Å². The van der Waals surface area contributed by atoms with E-state index >= 15 is 0 Å². The van der Waals surface area contributed by atoms with Crippen molar-refractivity contribution in [2.45, 2.75) is 27.2 Å². The molecule has 0 radical (unpaired) electrons. The van der Waals surface area contributed by atoms with Gasteiger partial charge in [-0.3, -0.25) is 0 Å². The highest BCUT2D eigenvalue weighted by Gasteiger charge is 2.06. The summed E-state index contributed by atoms with van der Waals surface area (Å²) in [5, 5.41) is 0. The summed E-state index contributed by atoms with van der Waals surface area (Å²) in [5.74, 6) is 1.49. The Morgan fingerprint density at radius 3 is 2.59 bits per heavy atom. The summed E-state index contributed by atoms with van der Waals surface area (Å²) in [6, 6.07) is 5.91. The lowest BCUT2D eigenvalue weighted by Gasteiger charge is -2.22. The van der Waals surface area contributed by atoms with Crippen LogP contribution >= 0.6 is 0 Å². The summed E-state index contributed by atoms with van der Waals surface area (Å²) in [6.45, 7) is 8.25. The lowest BCUT2D eigenvalue weighted by Crippen LogP contribution is -2.22.